The van der Waals surface area contributed by atoms with Crippen molar-refractivity contribution in [3.05, 3.63) is 82.4 Å². The van der Waals surface area contributed by atoms with E-state index in [2.05, 4.69) is 15.4 Å². The van der Waals surface area contributed by atoms with Crippen LogP contribution < -0.4 is 10.9 Å². The highest BCUT2D eigenvalue weighted by atomic mass is 32.2. The number of fused-ring (bicyclic) bond motifs is 3. The molecule has 0 saturated heterocycles. The molecule has 9 heteroatoms. The van der Waals surface area contributed by atoms with Gasteiger partial charge in [-0.15, -0.1) is 0 Å². The number of pyridine rings is 1. The first-order valence-corrected chi connectivity index (χ1v) is 12.3. The molecule has 1 atom stereocenters. The highest BCUT2D eigenvalue weighted by Gasteiger charge is 2.29. The standard InChI is InChI=1S/C26H22N6O2S/c1-15-7-9-17(10-8-15)32-24-20(13-27-32)25(34)31-18(14-35-26(31)30-24)12-23(33)29-22-11-16(2)28-21-6-4-3-5-19(21)22/h3-11,13,18H,12,14H2,1-2H3,(H,28,29,33). The van der Waals surface area contributed by atoms with Crippen LogP contribution in [-0.2, 0) is 4.79 Å². The number of carbonyl (C=O) groups excluding carboxylic acids is 1. The molecule has 0 fully saturated rings. The van der Waals surface area contributed by atoms with Crippen LogP contribution in [0.2, 0.25) is 0 Å². The molecule has 2 aromatic carbocycles. The molecule has 0 spiro atoms. The lowest BCUT2D eigenvalue weighted by Gasteiger charge is -2.14. The number of hydrogen-bond acceptors (Lipinski definition) is 6. The molecule has 6 rings (SSSR count). The number of nitrogens with zero attached hydrogens (tertiary/aromatic N) is 5. The van der Waals surface area contributed by atoms with Crippen LogP contribution in [0.15, 0.2) is 70.7 Å². The number of thioether (sulfide) groups is 1. The fourth-order valence-electron chi connectivity index (χ4n) is 4.48. The van der Waals surface area contributed by atoms with Crippen LogP contribution in [0.1, 0.15) is 23.7 Å². The fourth-order valence-corrected chi connectivity index (χ4v) is 5.61. The molecular weight excluding hydrogens is 460 g/mol. The fraction of sp³-hybridized carbons (Fsp3) is 0.192. The Morgan fingerprint density at radius 1 is 1.09 bits per heavy atom. The van der Waals surface area contributed by atoms with Gasteiger partial charge in [-0.25, -0.2) is 9.67 Å². The summed E-state index contributed by atoms with van der Waals surface area (Å²) >= 11 is 1.49. The van der Waals surface area contributed by atoms with Gasteiger partial charge >= 0.3 is 0 Å². The molecule has 8 nitrogen and oxygen atoms in total. The minimum Gasteiger partial charge on any atom is -0.325 e. The van der Waals surface area contributed by atoms with E-state index in [1.54, 1.807) is 15.4 Å². The van der Waals surface area contributed by atoms with Gasteiger partial charge in [0.2, 0.25) is 5.91 Å². The van der Waals surface area contributed by atoms with Crippen molar-refractivity contribution < 1.29 is 4.79 Å². The van der Waals surface area contributed by atoms with Crippen LogP contribution in [0.4, 0.5) is 5.69 Å². The maximum atomic E-state index is 13.4. The highest BCUT2D eigenvalue weighted by Crippen LogP contribution is 2.34. The van der Waals surface area contributed by atoms with E-state index in [1.807, 2.05) is 68.4 Å². The predicted octanol–water partition coefficient (Wildman–Crippen LogP) is 4.42. The van der Waals surface area contributed by atoms with Gasteiger partial charge in [-0.3, -0.25) is 19.1 Å². The molecule has 5 aromatic rings. The molecule has 1 unspecified atom stereocenters. The number of nitrogens with one attached hydrogen (secondary N) is 1. The maximum absolute atomic E-state index is 13.4. The Morgan fingerprint density at radius 3 is 2.71 bits per heavy atom. The SMILES string of the molecule is Cc1ccc(-n2ncc3c(=O)n4c(nc32)SCC4CC(=O)Nc2cc(C)nc3ccccc23)cc1. The monoisotopic (exact) mass is 482 g/mol. The van der Waals surface area contributed by atoms with Crippen LogP contribution in [0.5, 0.6) is 0 Å². The van der Waals surface area contributed by atoms with Crippen LogP contribution in [0.3, 0.4) is 0 Å². The Balaban J connectivity index is 1.30. The number of para-hydroxylation sites is 1. The summed E-state index contributed by atoms with van der Waals surface area (Å²) in [4.78, 5) is 35.7. The summed E-state index contributed by atoms with van der Waals surface area (Å²) in [7, 11) is 0. The van der Waals surface area contributed by atoms with Gasteiger partial charge in [-0.1, -0.05) is 47.7 Å². The first-order valence-electron chi connectivity index (χ1n) is 11.3. The smallest absolute Gasteiger partial charge is 0.265 e. The van der Waals surface area contributed by atoms with Crippen molar-refractivity contribution in [3.8, 4) is 5.69 Å². The summed E-state index contributed by atoms with van der Waals surface area (Å²) in [6, 6.07) is 17.2. The zero-order valence-corrected chi connectivity index (χ0v) is 20.0. The molecule has 35 heavy (non-hydrogen) atoms. The van der Waals surface area contributed by atoms with Crippen molar-refractivity contribution >= 4 is 45.3 Å². The van der Waals surface area contributed by atoms with E-state index in [-0.39, 0.29) is 23.9 Å². The van der Waals surface area contributed by atoms with E-state index in [4.69, 9.17) is 4.98 Å². The molecule has 0 bridgehead atoms. The number of carbonyl (C=O) groups is 1. The quantitative estimate of drug-likeness (QED) is 0.381. The van der Waals surface area contributed by atoms with Crippen LogP contribution >= 0.6 is 11.8 Å². The van der Waals surface area contributed by atoms with Gasteiger partial charge in [0, 0.05) is 23.3 Å². The number of aryl methyl sites for hydroxylation is 2. The van der Waals surface area contributed by atoms with E-state index in [0.29, 0.717) is 21.9 Å². The number of aromatic nitrogens is 5. The van der Waals surface area contributed by atoms with E-state index in [9.17, 15) is 9.59 Å². The molecule has 0 radical (unpaired) electrons. The molecule has 174 valence electrons. The summed E-state index contributed by atoms with van der Waals surface area (Å²) in [5.41, 5.74) is 4.74. The number of anilines is 1. The zero-order chi connectivity index (χ0) is 24.1. The molecule has 3 aromatic heterocycles. The van der Waals surface area contributed by atoms with E-state index < -0.39 is 0 Å². The third-order valence-corrected chi connectivity index (χ3v) is 7.29. The van der Waals surface area contributed by atoms with Crippen molar-refractivity contribution in [2.75, 3.05) is 11.1 Å². The Morgan fingerprint density at radius 2 is 1.89 bits per heavy atom. The lowest BCUT2D eigenvalue weighted by atomic mass is 10.1. The predicted molar refractivity (Wildman–Crippen MR) is 137 cm³/mol. The summed E-state index contributed by atoms with van der Waals surface area (Å²) in [5.74, 6) is 0.456. The molecule has 1 aliphatic heterocycles. The second-order valence-electron chi connectivity index (χ2n) is 8.74. The van der Waals surface area contributed by atoms with E-state index >= 15 is 0 Å². The second-order valence-corrected chi connectivity index (χ2v) is 9.73. The van der Waals surface area contributed by atoms with Gasteiger partial charge in [0.15, 0.2) is 10.8 Å². The molecule has 1 amide bonds. The second kappa shape index (κ2) is 8.35. The van der Waals surface area contributed by atoms with E-state index in [0.717, 1.165) is 33.5 Å². The third kappa shape index (κ3) is 3.77. The van der Waals surface area contributed by atoms with Crippen LogP contribution in [-0.4, -0.2) is 36.0 Å². The maximum Gasteiger partial charge on any atom is 0.265 e. The van der Waals surface area contributed by atoms with Gasteiger partial charge in [-0.05, 0) is 38.1 Å². The Hall–Kier alpha value is -3.98. The van der Waals surface area contributed by atoms with Crippen LogP contribution in [0.25, 0.3) is 27.6 Å². The Labute approximate surface area is 205 Å². The van der Waals surface area contributed by atoms with Gasteiger partial charge in [0.25, 0.3) is 5.56 Å². The molecule has 0 aliphatic carbocycles. The molecule has 4 heterocycles. The molecule has 1 aliphatic rings. The van der Waals surface area contributed by atoms with Crippen molar-refractivity contribution in [2.24, 2.45) is 0 Å². The minimum atomic E-state index is -0.281. The van der Waals surface area contributed by atoms with Gasteiger partial charge in [0.1, 0.15) is 5.39 Å². The number of amides is 1. The molecular formula is C26H22N6O2S. The Kier molecular flexibility index (Phi) is 5.14. The van der Waals surface area contributed by atoms with Crippen molar-refractivity contribution in [1.29, 1.82) is 0 Å². The summed E-state index contributed by atoms with van der Waals surface area (Å²) in [5, 5.41) is 9.39. The largest absolute Gasteiger partial charge is 0.325 e. The number of benzene rings is 2. The summed E-state index contributed by atoms with van der Waals surface area (Å²) in [6.07, 6.45) is 1.73. The Bertz CT molecular complexity index is 1670. The van der Waals surface area contributed by atoms with Crippen LogP contribution in [0, 0.1) is 13.8 Å². The zero-order valence-electron chi connectivity index (χ0n) is 19.2. The van der Waals surface area contributed by atoms with Crippen molar-refractivity contribution in [2.45, 2.75) is 31.5 Å². The van der Waals surface area contributed by atoms with Gasteiger partial charge in [0.05, 0.1) is 29.1 Å². The third-order valence-electron chi connectivity index (χ3n) is 6.19. The average molecular weight is 483 g/mol. The van der Waals surface area contributed by atoms with Crippen molar-refractivity contribution in [1.82, 2.24) is 24.3 Å². The highest BCUT2D eigenvalue weighted by molar-refractivity contribution is 7.99. The topological polar surface area (TPSA) is 94.7 Å². The van der Waals surface area contributed by atoms with Gasteiger partial charge < -0.3 is 5.32 Å². The summed E-state index contributed by atoms with van der Waals surface area (Å²) < 4.78 is 3.33. The molecule has 0 saturated carbocycles. The van der Waals surface area contributed by atoms with Crippen molar-refractivity contribution in [3.63, 3.8) is 0 Å². The summed E-state index contributed by atoms with van der Waals surface area (Å²) in [6.45, 7) is 3.92. The lowest BCUT2D eigenvalue weighted by Crippen LogP contribution is -2.27. The number of hydrogen-bond donors (Lipinski definition) is 1. The minimum absolute atomic E-state index is 0.151. The normalized spacial score (nSPS) is 15.0. The lowest BCUT2D eigenvalue weighted by molar-refractivity contribution is -0.116. The number of rotatable bonds is 4. The first kappa shape index (κ1) is 21.5. The van der Waals surface area contributed by atoms with Gasteiger partial charge in [-0.2, -0.15) is 5.10 Å². The first-order chi connectivity index (χ1) is 17.0. The average Bonchev–Trinajstić information content (AvgIpc) is 3.44. The molecule has 1 N–H and O–H groups in total. The van der Waals surface area contributed by atoms with E-state index in [1.165, 1.54) is 11.8 Å².